The van der Waals surface area contributed by atoms with E-state index < -0.39 is 0 Å². The highest BCUT2D eigenvalue weighted by Crippen LogP contribution is 2.22. The number of nitrogens with zero attached hydrogens (tertiary/aromatic N) is 1. The van der Waals surface area contributed by atoms with Gasteiger partial charge < -0.3 is 5.32 Å². The first-order chi connectivity index (χ1) is 8.44. The van der Waals surface area contributed by atoms with Crippen LogP contribution in [0.5, 0.6) is 0 Å². The van der Waals surface area contributed by atoms with E-state index in [1.165, 1.54) is 11.1 Å². The molecule has 1 atom stereocenters. The number of benzene rings is 1. The van der Waals surface area contributed by atoms with Crippen molar-refractivity contribution in [3.63, 3.8) is 0 Å². The number of nitriles is 1. The molecule has 0 aromatic heterocycles. The van der Waals surface area contributed by atoms with E-state index in [1.54, 1.807) is 0 Å². The first-order valence-corrected chi connectivity index (χ1v) is 6.61. The molecule has 1 unspecified atom stereocenters. The molecule has 0 saturated heterocycles. The minimum Gasteiger partial charge on any atom is -0.310 e. The van der Waals surface area contributed by atoms with Crippen molar-refractivity contribution in [2.45, 2.75) is 46.6 Å². The molecule has 18 heavy (non-hydrogen) atoms. The summed E-state index contributed by atoms with van der Waals surface area (Å²) in [5, 5.41) is 12.2. The lowest BCUT2D eigenvalue weighted by molar-refractivity contribution is 0.305. The molecule has 0 aliphatic rings. The van der Waals surface area contributed by atoms with Crippen molar-refractivity contribution < 1.29 is 0 Å². The van der Waals surface area contributed by atoms with Crippen molar-refractivity contribution in [3.05, 3.63) is 35.4 Å². The van der Waals surface area contributed by atoms with Crippen molar-refractivity contribution in [3.8, 4) is 6.07 Å². The smallest absolute Gasteiger partial charge is 0.0621 e. The third kappa shape index (κ3) is 4.89. The lowest BCUT2D eigenvalue weighted by Crippen LogP contribution is -2.31. The Balaban J connectivity index is 2.48. The monoisotopic (exact) mass is 244 g/mol. The van der Waals surface area contributed by atoms with Gasteiger partial charge in [0.15, 0.2) is 0 Å². The van der Waals surface area contributed by atoms with Crippen LogP contribution in [0.4, 0.5) is 0 Å². The first-order valence-electron chi connectivity index (χ1n) is 6.61. The summed E-state index contributed by atoms with van der Waals surface area (Å²) in [6.07, 6.45) is 1.57. The highest BCUT2D eigenvalue weighted by Gasteiger charge is 2.18. The molecule has 0 spiro atoms. The van der Waals surface area contributed by atoms with E-state index in [0.29, 0.717) is 12.5 Å². The Kier molecular flexibility index (Phi) is 5.37. The predicted octanol–water partition coefficient (Wildman–Crippen LogP) is 3.98. The van der Waals surface area contributed by atoms with Gasteiger partial charge >= 0.3 is 0 Å². The zero-order valence-corrected chi connectivity index (χ0v) is 12.0. The van der Waals surface area contributed by atoms with Crippen molar-refractivity contribution in [2.75, 3.05) is 6.54 Å². The van der Waals surface area contributed by atoms with Gasteiger partial charge in [-0.05, 0) is 31.2 Å². The van der Waals surface area contributed by atoms with Gasteiger partial charge in [0, 0.05) is 19.0 Å². The first kappa shape index (κ1) is 14.7. The average molecular weight is 244 g/mol. The van der Waals surface area contributed by atoms with E-state index in [-0.39, 0.29) is 5.41 Å². The maximum absolute atomic E-state index is 8.64. The van der Waals surface area contributed by atoms with Crippen LogP contribution in [0.15, 0.2) is 24.3 Å². The Morgan fingerprint density at radius 3 is 2.44 bits per heavy atom. The third-order valence-corrected chi connectivity index (χ3v) is 3.38. The number of hydrogen-bond acceptors (Lipinski definition) is 2. The Bertz CT molecular complexity index is 398. The van der Waals surface area contributed by atoms with Crippen molar-refractivity contribution >= 4 is 0 Å². The second-order valence-corrected chi connectivity index (χ2v) is 5.84. The minimum absolute atomic E-state index is 0.175. The van der Waals surface area contributed by atoms with E-state index in [9.17, 15) is 0 Å². The Labute approximate surface area is 111 Å². The van der Waals surface area contributed by atoms with Gasteiger partial charge in [0.25, 0.3) is 0 Å². The Morgan fingerprint density at radius 1 is 1.28 bits per heavy atom. The van der Waals surface area contributed by atoms with E-state index in [0.717, 1.165) is 13.0 Å². The summed E-state index contributed by atoms with van der Waals surface area (Å²) < 4.78 is 0. The second kappa shape index (κ2) is 6.56. The molecule has 98 valence electrons. The van der Waals surface area contributed by atoms with Crippen LogP contribution >= 0.6 is 0 Å². The van der Waals surface area contributed by atoms with Gasteiger partial charge in [0.05, 0.1) is 6.07 Å². The number of hydrogen-bond donors (Lipinski definition) is 1. The fourth-order valence-corrected chi connectivity index (χ4v) is 1.89. The molecule has 2 nitrogen and oxygen atoms in total. The fourth-order valence-electron chi connectivity index (χ4n) is 1.89. The molecular formula is C16H24N2. The summed E-state index contributed by atoms with van der Waals surface area (Å²) in [4.78, 5) is 0. The van der Waals surface area contributed by atoms with Crippen LogP contribution in [0.25, 0.3) is 0 Å². The topological polar surface area (TPSA) is 35.8 Å². The summed E-state index contributed by atoms with van der Waals surface area (Å²) in [6.45, 7) is 9.64. The average Bonchev–Trinajstić information content (AvgIpc) is 2.35. The van der Waals surface area contributed by atoms with Crippen LogP contribution in [0, 0.1) is 23.7 Å². The number of rotatable bonds is 6. The summed E-state index contributed by atoms with van der Waals surface area (Å²) >= 11 is 0. The molecule has 1 aromatic rings. The van der Waals surface area contributed by atoms with Crippen LogP contribution < -0.4 is 5.32 Å². The number of nitrogens with one attached hydrogen (secondary N) is 1. The summed E-state index contributed by atoms with van der Waals surface area (Å²) in [7, 11) is 0. The van der Waals surface area contributed by atoms with Gasteiger partial charge in [-0.3, -0.25) is 0 Å². The maximum atomic E-state index is 8.64. The van der Waals surface area contributed by atoms with Crippen molar-refractivity contribution in [1.82, 2.24) is 5.32 Å². The molecule has 0 amide bonds. The van der Waals surface area contributed by atoms with Gasteiger partial charge in [-0.15, -0.1) is 0 Å². The number of aryl methyl sites for hydroxylation is 1. The normalized spacial score (nSPS) is 13.1. The highest BCUT2D eigenvalue weighted by atomic mass is 14.9. The molecule has 0 fully saturated rings. The summed E-state index contributed by atoms with van der Waals surface area (Å²) in [5.74, 6) is 0. The van der Waals surface area contributed by atoms with E-state index in [4.69, 9.17) is 5.26 Å². The van der Waals surface area contributed by atoms with Crippen LogP contribution in [0.3, 0.4) is 0 Å². The van der Waals surface area contributed by atoms with Gasteiger partial charge in [-0.2, -0.15) is 5.26 Å². The largest absolute Gasteiger partial charge is 0.310 e. The molecule has 0 bridgehead atoms. The van der Waals surface area contributed by atoms with Crippen molar-refractivity contribution in [1.29, 1.82) is 5.26 Å². The zero-order valence-electron chi connectivity index (χ0n) is 12.0. The van der Waals surface area contributed by atoms with E-state index in [2.05, 4.69) is 63.3 Å². The highest BCUT2D eigenvalue weighted by molar-refractivity contribution is 5.23. The van der Waals surface area contributed by atoms with Crippen LogP contribution in [0.1, 0.15) is 50.8 Å². The molecular weight excluding hydrogens is 220 g/mol. The quantitative estimate of drug-likeness (QED) is 0.821. The second-order valence-electron chi connectivity index (χ2n) is 5.84. The summed E-state index contributed by atoms with van der Waals surface area (Å²) in [6, 6.07) is 11.2. The van der Waals surface area contributed by atoms with Gasteiger partial charge in [0.2, 0.25) is 0 Å². The van der Waals surface area contributed by atoms with Crippen LogP contribution in [-0.2, 0) is 0 Å². The van der Waals surface area contributed by atoms with Crippen LogP contribution in [0.2, 0.25) is 0 Å². The molecule has 2 heteroatoms. The molecule has 1 rings (SSSR count). The molecule has 1 aromatic carbocycles. The predicted molar refractivity (Wildman–Crippen MR) is 76.2 cm³/mol. The Morgan fingerprint density at radius 2 is 1.89 bits per heavy atom. The zero-order chi connectivity index (χ0) is 13.6. The molecule has 0 radical (unpaired) electrons. The SMILES string of the molecule is Cc1ccc(C(C)NCC(C)(C)CCC#N)cc1. The van der Waals surface area contributed by atoms with Gasteiger partial charge in [-0.1, -0.05) is 43.7 Å². The third-order valence-electron chi connectivity index (χ3n) is 3.38. The molecule has 0 aliphatic heterocycles. The lowest BCUT2D eigenvalue weighted by Gasteiger charge is -2.26. The minimum atomic E-state index is 0.175. The maximum Gasteiger partial charge on any atom is 0.0621 e. The lowest BCUT2D eigenvalue weighted by atomic mass is 9.87. The molecule has 0 heterocycles. The summed E-state index contributed by atoms with van der Waals surface area (Å²) in [5.41, 5.74) is 2.78. The van der Waals surface area contributed by atoms with Crippen molar-refractivity contribution in [2.24, 2.45) is 5.41 Å². The Hall–Kier alpha value is -1.33. The van der Waals surface area contributed by atoms with Gasteiger partial charge in [0.1, 0.15) is 0 Å². The molecule has 0 aliphatic carbocycles. The standard InChI is InChI=1S/C16H24N2/c1-13-6-8-15(9-7-13)14(2)18-12-16(3,4)10-5-11-17/h6-9,14,18H,5,10,12H2,1-4H3. The van der Waals surface area contributed by atoms with E-state index in [1.807, 2.05) is 0 Å². The van der Waals surface area contributed by atoms with Crippen LogP contribution in [-0.4, -0.2) is 6.54 Å². The molecule has 1 N–H and O–H groups in total. The van der Waals surface area contributed by atoms with E-state index >= 15 is 0 Å². The fraction of sp³-hybridized carbons (Fsp3) is 0.562. The molecule has 0 saturated carbocycles. The van der Waals surface area contributed by atoms with Gasteiger partial charge in [-0.25, -0.2) is 0 Å².